The first-order valence-corrected chi connectivity index (χ1v) is 7.89. The fourth-order valence-corrected chi connectivity index (χ4v) is 3.05. The zero-order valence-corrected chi connectivity index (χ0v) is 13.7. The Bertz CT molecular complexity index is 630. The van der Waals surface area contributed by atoms with Crippen LogP contribution in [-0.2, 0) is 10.8 Å². The van der Waals surface area contributed by atoms with Crippen LogP contribution < -0.4 is 0 Å². The van der Waals surface area contributed by atoms with Crippen LogP contribution in [-0.4, -0.2) is 15.0 Å². The maximum atomic E-state index is 4.87. The van der Waals surface area contributed by atoms with E-state index in [0.717, 1.165) is 11.6 Å². The largest absolute Gasteiger partial charge is 0.220 e. The summed E-state index contributed by atoms with van der Waals surface area (Å²) in [5, 5.41) is 0. The van der Waals surface area contributed by atoms with Crippen molar-refractivity contribution in [2.45, 2.75) is 38.5 Å². The number of nitrogens with zero attached hydrogens (tertiary/aromatic N) is 3. The van der Waals surface area contributed by atoms with Crippen LogP contribution in [0.15, 0.2) is 54.9 Å². The number of hydrogen-bond donors (Lipinski definition) is 0. The fraction of sp³-hybridized carbons (Fsp3) is 0.421. The molecule has 22 heavy (non-hydrogen) atoms. The number of hydrogen-bond acceptors (Lipinski definition) is 3. The minimum Gasteiger partial charge on any atom is -0.220 e. The highest BCUT2D eigenvalue weighted by atomic mass is 15.0. The van der Waals surface area contributed by atoms with Crippen molar-refractivity contribution in [1.82, 2.24) is 15.0 Å². The Morgan fingerprint density at radius 1 is 0.773 bits per heavy atom. The van der Waals surface area contributed by atoms with Crippen molar-refractivity contribution in [1.29, 1.82) is 0 Å². The predicted octanol–water partition coefficient (Wildman–Crippen LogP) is 3.91. The third-order valence-electron chi connectivity index (χ3n) is 5.33. The van der Waals surface area contributed by atoms with E-state index in [4.69, 9.17) is 4.98 Å². The molecule has 3 heteroatoms. The number of allylic oxidation sites excluding steroid dienone is 8. The van der Waals surface area contributed by atoms with Crippen LogP contribution in [0, 0.1) is 11.8 Å². The Morgan fingerprint density at radius 2 is 1.23 bits per heavy atom. The summed E-state index contributed by atoms with van der Waals surface area (Å²) in [5.41, 5.74) is -0.361. The lowest BCUT2D eigenvalue weighted by molar-refractivity contribution is 0.399. The van der Waals surface area contributed by atoms with E-state index in [9.17, 15) is 0 Å². The van der Waals surface area contributed by atoms with Crippen molar-refractivity contribution in [2.75, 3.05) is 0 Å². The molecule has 0 radical (unpaired) electrons. The minimum atomic E-state index is -0.180. The van der Waals surface area contributed by atoms with E-state index < -0.39 is 0 Å². The van der Waals surface area contributed by atoms with Crippen molar-refractivity contribution in [3.8, 4) is 0 Å². The molecule has 0 spiro atoms. The van der Waals surface area contributed by atoms with Gasteiger partial charge in [-0.25, -0.2) is 15.0 Å². The standard InChI is InChI=1S/C19H23N3/c1-14-9-5-7-11-18(14,3)16-20-13-21-17(22-16)19(4)12-8-6-10-15(19)2/h5-15H,1-4H3. The van der Waals surface area contributed by atoms with E-state index in [1.165, 1.54) is 0 Å². The molecule has 0 fully saturated rings. The zero-order chi connectivity index (χ0) is 15.8. The molecule has 4 atom stereocenters. The SMILES string of the molecule is CC1C=CC=CC1(C)c1ncnc(C2(C)C=CC=CC2C)n1. The van der Waals surface area contributed by atoms with Gasteiger partial charge in [-0.3, -0.25) is 0 Å². The molecule has 114 valence electrons. The van der Waals surface area contributed by atoms with Gasteiger partial charge in [-0.2, -0.15) is 0 Å². The van der Waals surface area contributed by atoms with Crippen molar-refractivity contribution in [3.05, 3.63) is 66.6 Å². The molecule has 0 aromatic carbocycles. The maximum absolute atomic E-state index is 4.87. The Hall–Kier alpha value is -2.03. The molecular formula is C19H23N3. The average Bonchev–Trinajstić information content (AvgIpc) is 2.53. The number of aromatic nitrogens is 3. The van der Waals surface area contributed by atoms with Crippen molar-refractivity contribution in [3.63, 3.8) is 0 Å². The Balaban J connectivity index is 2.04. The summed E-state index contributed by atoms with van der Waals surface area (Å²) < 4.78 is 0. The monoisotopic (exact) mass is 293 g/mol. The second-order valence-electron chi connectivity index (χ2n) is 6.76. The molecule has 0 saturated carbocycles. The second kappa shape index (κ2) is 5.31. The van der Waals surface area contributed by atoms with Gasteiger partial charge >= 0.3 is 0 Å². The van der Waals surface area contributed by atoms with E-state index in [2.05, 4.69) is 86.3 Å². The van der Waals surface area contributed by atoms with Crippen molar-refractivity contribution < 1.29 is 0 Å². The van der Waals surface area contributed by atoms with Gasteiger partial charge in [0.2, 0.25) is 0 Å². The molecule has 2 aliphatic carbocycles. The number of rotatable bonds is 2. The van der Waals surface area contributed by atoms with Gasteiger partial charge in [-0.05, 0) is 25.7 Å². The summed E-state index contributed by atoms with van der Waals surface area (Å²) in [6.07, 6.45) is 18.8. The molecule has 0 saturated heterocycles. The topological polar surface area (TPSA) is 38.7 Å². The molecule has 1 aromatic rings. The van der Waals surface area contributed by atoms with E-state index in [1.54, 1.807) is 6.33 Å². The second-order valence-corrected chi connectivity index (χ2v) is 6.76. The van der Waals surface area contributed by atoms with Crippen LogP contribution in [0.1, 0.15) is 39.3 Å². The van der Waals surface area contributed by atoms with Gasteiger partial charge < -0.3 is 0 Å². The molecule has 0 bridgehead atoms. The van der Waals surface area contributed by atoms with Gasteiger partial charge in [-0.15, -0.1) is 0 Å². The molecule has 2 aliphatic rings. The molecule has 3 rings (SSSR count). The summed E-state index contributed by atoms with van der Waals surface area (Å²) in [6, 6.07) is 0. The van der Waals surface area contributed by atoms with Crippen LogP contribution in [0.3, 0.4) is 0 Å². The van der Waals surface area contributed by atoms with Crippen LogP contribution in [0.2, 0.25) is 0 Å². The molecule has 0 N–H and O–H groups in total. The maximum Gasteiger partial charge on any atom is 0.142 e. The summed E-state index contributed by atoms with van der Waals surface area (Å²) in [5.74, 6) is 2.42. The lowest BCUT2D eigenvalue weighted by Gasteiger charge is -2.34. The molecule has 1 aromatic heterocycles. The Kier molecular flexibility index (Phi) is 3.59. The highest BCUT2D eigenvalue weighted by molar-refractivity contribution is 5.32. The first-order chi connectivity index (χ1) is 10.5. The van der Waals surface area contributed by atoms with Gasteiger partial charge in [0.15, 0.2) is 0 Å². The molecular weight excluding hydrogens is 270 g/mol. The average molecular weight is 293 g/mol. The first-order valence-electron chi connectivity index (χ1n) is 7.89. The highest BCUT2D eigenvalue weighted by Gasteiger charge is 2.37. The Labute approximate surface area is 132 Å². The van der Waals surface area contributed by atoms with Crippen LogP contribution >= 0.6 is 0 Å². The van der Waals surface area contributed by atoms with E-state index in [-0.39, 0.29) is 10.8 Å². The molecule has 0 aliphatic heterocycles. The third kappa shape index (κ3) is 2.25. The van der Waals surface area contributed by atoms with E-state index in [0.29, 0.717) is 11.8 Å². The van der Waals surface area contributed by atoms with Crippen molar-refractivity contribution in [2.24, 2.45) is 11.8 Å². The fourth-order valence-electron chi connectivity index (χ4n) is 3.05. The third-order valence-corrected chi connectivity index (χ3v) is 5.33. The minimum absolute atomic E-state index is 0.180. The summed E-state index contributed by atoms with van der Waals surface area (Å²) >= 11 is 0. The van der Waals surface area contributed by atoms with E-state index in [1.807, 2.05) is 0 Å². The normalized spacial score (nSPS) is 36.7. The molecule has 3 nitrogen and oxygen atoms in total. The van der Waals surface area contributed by atoms with Gasteiger partial charge in [0.05, 0.1) is 10.8 Å². The quantitative estimate of drug-likeness (QED) is 0.829. The molecule has 0 amide bonds. The van der Waals surface area contributed by atoms with Gasteiger partial charge in [-0.1, -0.05) is 62.5 Å². The lowest BCUT2D eigenvalue weighted by atomic mass is 9.73. The highest BCUT2D eigenvalue weighted by Crippen LogP contribution is 2.38. The predicted molar refractivity (Wildman–Crippen MR) is 89.4 cm³/mol. The first kappa shape index (κ1) is 14.9. The van der Waals surface area contributed by atoms with Gasteiger partial charge in [0.25, 0.3) is 0 Å². The smallest absolute Gasteiger partial charge is 0.142 e. The zero-order valence-electron chi connectivity index (χ0n) is 13.7. The van der Waals surface area contributed by atoms with Crippen molar-refractivity contribution >= 4 is 0 Å². The van der Waals surface area contributed by atoms with Gasteiger partial charge in [0, 0.05) is 0 Å². The van der Waals surface area contributed by atoms with Crippen LogP contribution in [0.5, 0.6) is 0 Å². The molecule has 4 unspecified atom stereocenters. The Morgan fingerprint density at radius 3 is 1.64 bits per heavy atom. The van der Waals surface area contributed by atoms with Crippen LogP contribution in [0.25, 0.3) is 0 Å². The van der Waals surface area contributed by atoms with Crippen LogP contribution in [0.4, 0.5) is 0 Å². The summed E-state index contributed by atoms with van der Waals surface area (Å²) in [4.78, 5) is 13.8. The summed E-state index contributed by atoms with van der Waals surface area (Å²) in [6.45, 7) is 8.80. The van der Waals surface area contributed by atoms with Gasteiger partial charge in [0.1, 0.15) is 18.0 Å². The summed E-state index contributed by atoms with van der Waals surface area (Å²) in [7, 11) is 0. The molecule has 1 heterocycles. The van der Waals surface area contributed by atoms with E-state index >= 15 is 0 Å². The lowest BCUT2D eigenvalue weighted by Crippen LogP contribution is -2.35.